The van der Waals surface area contributed by atoms with Crippen LogP contribution in [0.5, 0.6) is 0 Å². The van der Waals surface area contributed by atoms with Gasteiger partial charge in [0.15, 0.2) is 0 Å². The zero-order chi connectivity index (χ0) is 14.5. The molecular formula is C17H32N2O. The molecule has 0 radical (unpaired) electrons. The highest BCUT2D eigenvalue weighted by Crippen LogP contribution is 2.33. The van der Waals surface area contributed by atoms with Gasteiger partial charge in [-0.1, -0.05) is 52.9 Å². The van der Waals surface area contributed by atoms with Gasteiger partial charge in [-0.3, -0.25) is 10.1 Å². The Morgan fingerprint density at radius 2 is 1.85 bits per heavy atom. The van der Waals surface area contributed by atoms with E-state index in [0.717, 1.165) is 19.4 Å². The average molecular weight is 280 g/mol. The predicted molar refractivity (Wildman–Crippen MR) is 83.4 cm³/mol. The van der Waals surface area contributed by atoms with Gasteiger partial charge < -0.3 is 4.90 Å². The van der Waals surface area contributed by atoms with Crippen LogP contribution in [0.1, 0.15) is 72.1 Å². The summed E-state index contributed by atoms with van der Waals surface area (Å²) < 4.78 is 0. The second-order valence-electron chi connectivity index (χ2n) is 6.67. The van der Waals surface area contributed by atoms with Crippen LogP contribution in [-0.2, 0) is 4.79 Å². The van der Waals surface area contributed by atoms with E-state index in [-0.39, 0.29) is 6.04 Å². The summed E-state index contributed by atoms with van der Waals surface area (Å²) in [6, 6.07) is 0.0833. The molecule has 1 heterocycles. The molecule has 2 aliphatic rings. The molecule has 1 saturated carbocycles. The van der Waals surface area contributed by atoms with Crippen LogP contribution in [-0.4, -0.2) is 29.6 Å². The maximum atomic E-state index is 12.7. The summed E-state index contributed by atoms with van der Waals surface area (Å²) in [5.74, 6) is 1.72. The highest BCUT2D eigenvalue weighted by atomic mass is 16.2. The molecule has 3 heteroatoms. The number of amides is 1. The van der Waals surface area contributed by atoms with Crippen molar-refractivity contribution in [1.29, 1.82) is 0 Å². The Morgan fingerprint density at radius 1 is 1.20 bits per heavy atom. The number of hydrogen-bond donors (Lipinski definition) is 1. The number of carbonyl (C=O) groups is 1. The fraction of sp³-hybridized carbons (Fsp3) is 0.941. The fourth-order valence-corrected chi connectivity index (χ4v) is 3.89. The van der Waals surface area contributed by atoms with Gasteiger partial charge in [0, 0.05) is 6.54 Å². The fourth-order valence-electron chi connectivity index (χ4n) is 3.89. The molecule has 0 aromatic heterocycles. The van der Waals surface area contributed by atoms with Crippen LogP contribution in [0.4, 0.5) is 0 Å². The molecule has 116 valence electrons. The third-order valence-electron chi connectivity index (χ3n) is 5.32. The summed E-state index contributed by atoms with van der Waals surface area (Å²) in [5, 5.41) is 3.66. The Bertz CT molecular complexity index is 308. The largest absolute Gasteiger partial charge is 0.325 e. The molecule has 3 nitrogen and oxygen atoms in total. The molecule has 2 atom stereocenters. The molecule has 20 heavy (non-hydrogen) atoms. The van der Waals surface area contributed by atoms with Crippen LogP contribution in [0.25, 0.3) is 0 Å². The monoisotopic (exact) mass is 280 g/mol. The summed E-state index contributed by atoms with van der Waals surface area (Å²) >= 11 is 0. The van der Waals surface area contributed by atoms with Gasteiger partial charge in [-0.15, -0.1) is 0 Å². The molecule has 1 saturated heterocycles. The van der Waals surface area contributed by atoms with Crippen LogP contribution < -0.4 is 5.32 Å². The zero-order valence-electron chi connectivity index (χ0n) is 13.5. The summed E-state index contributed by atoms with van der Waals surface area (Å²) in [5.41, 5.74) is 0. The molecule has 2 unspecified atom stereocenters. The van der Waals surface area contributed by atoms with E-state index < -0.39 is 0 Å². The highest BCUT2D eigenvalue weighted by molar-refractivity contribution is 5.84. The molecule has 1 N–H and O–H groups in total. The molecule has 1 amide bonds. The van der Waals surface area contributed by atoms with Gasteiger partial charge >= 0.3 is 0 Å². The molecule has 0 aromatic carbocycles. The van der Waals surface area contributed by atoms with Crippen molar-refractivity contribution in [1.82, 2.24) is 10.2 Å². The molecular weight excluding hydrogens is 248 g/mol. The number of rotatable bonds is 7. The van der Waals surface area contributed by atoms with Crippen LogP contribution in [0, 0.1) is 11.8 Å². The average Bonchev–Trinajstić information content (AvgIpc) is 3.07. The van der Waals surface area contributed by atoms with Gasteiger partial charge in [0.05, 0.1) is 12.2 Å². The van der Waals surface area contributed by atoms with E-state index in [9.17, 15) is 4.79 Å². The molecule has 1 aliphatic carbocycles. The third-order valence-corrected chi connectivity index (χ3v) is 5.32. The minimum Gasteiger partial charge on any atom is -0.325 e. The van der Waals surface area contributed by atoms with Gasteiger partial charge in [-0.05, 0) is 31.1 Å². The molecule has 1 aliphatic heterocycles. The Balaban J connectivity index is 2.07. The van der Waals surface area contributed by atoms with E-state index in [0.29, 0.717) is 23.9 Å². The van der Waals surface area contributed by atoms with Crippen LogP contribution >= 0.6 is 0 Å². The Labute approximate surface area is 124 Å². The van der Waals surface area contributed by atoms with Crippen molar-refractivity contribution in [2.75, 3.05) is 6.54 Å². The Morgan fingerprint density at radius 3 is 2.40 bits per heavy atom. The first-order valence-electron chi connectivity index (χ1n) is 8.77. The Hall–Kier alpha value is -0.570. The standard InChI is InChI=1S/C17H32N2O/c1-4-9-15-17(20)19(12-13(5-2)6-3)16(18-15)14-10-7-8-11-14/h13-16,18H,4-12H2,1-3H3. The van der Waals surface area contributed by atoms with Crippen molar-refractivity contribution >= 4 is 5.91 Å². The van der Waals surface area contributed by atoms with E-state index in [2.05, 4.69) is 31.0 Å². The lowest BCUT2D eigenvalue weighted by molar-refractivity contribution is -0.131. The van der Waals surface area contributed by atoms with Gasteiger partial charge in [0.1, 0.15) is 0 Å². The molecule has 0 spiro atoms. The zero-order valence-corrected chi connectivity index (χ0v) is 13.5. The van der Waals surface area contributed by atoms with Gasteiger partial charge in [-0.25, -0.2) is 0 Å². The van der Waals surface area contributed by atoms with Crippen molar-refractivity contribution in [2.45, 2.75) is 84.3 Å². The molecule has 2 rings (SSSR count). The van der Waals surface area contributed by atoms with Crippen molar-refractivity contribution in [3.05, 3.63) is 0 Å². The van der Waals surface area contributed by atoms with E-state index in [1.54, 1.807) is 0 Å². The predicted octanol–water partition coefficient (Wildman–Crippen LogP) is 3.54. The molecule has 0 aromatic rings. The highest BCUT2D eigenvalue weighted by Gasteiger charge is 2.42. The lowest BCUT2D eigenvalue weighted by Crippen LogP contribution is -2.44. The maximum Gasteiger partial charge on any atom is 0.241 e. The molecule has 2 fully saturated rings. The minimum absolute atomic E-state index is 0.0833. The first-order valence-corrected chi connectivity index (χ1v) is 8.77. The SMILES string of the molecule is CCCC1NC(C2CCCC2)N(CC(CC)CC)C1=O. The molecule has 0 bridgehead atoms. The van der Waals surface area contributed by atoms with Crippen LogP contribution in [0.3, 0.4) is 0 Å². The van der Waals surface area contributed by atoms with E-state index in [1.165, 1.54) is 38.5 Å². The van der Waals surface area contributed by atoms with Gasteiger partial charge in [0.2, 0.25) is 5.91 Å². The quantitative estimate of drug-likeness (QED) is 0.773. The second kappa shape index (κ2) is 7.44. The van der Waals surface area contributed by atoms with Crippen molar-refractivity contribution < 1.29 is 4.79 Å². The topological polar surface area (TPSA) is 32.3 Å². The van der Waals surface area contributed by atoms with Crippen molar-refractivity contribution in [2.24, 2.45) is 11.8 Å². The number of carbonyl (C=O) groups excluding carboxylic acids is 1. The van der Waals surface area contributed by atoms with Crippen molar-refractivity contribution in [3.8, 4) is 0 Å². The summed E-state index contributed by atoms with van der Waals surface area (Å²) in [7, 11) is 0. The van der Waals surface area contributed by atoms with Crippen LogP contribution in [0.2, 0.25) is 0 Å². The summed E-state index contributed by atoms with van der Waals surface area (Å²) in [6.45, 7) is 7.62. The first-order chi connectivity index (χ1) is 9.71. The normalized spacial score (nSPS) is 28.0. The minimum atomic E-state index is 0.0833. The van der Waals surface area contributed by atoms with Gasteiger partial charge in [0.25, 0.3) is 0 Å². The van der Waals surface area contributed by atoms with Crippen LogP contribution in [0.15, 0.2) is 0 Å². The van der Waals surface area contributed by atoms with E-state index in [4.69, 9.17) is 0 Å². The lowest BCUT2D eigenvalue weighted by Gasteiger charge is -2.31. The lowest BCUT2D eigenvalue weighted by atomic mass is 10.00. The summed E-state index contributed by atoms with van der Waals surface area (Å²) in [6.07, 6.45) is 10.0. The Kier molecular flexibility index (Phi) is 5.88. The van der Waals surface area contributed by atoms with E-state index in [1.807, 2.05) is 0 Å². The third kappa shape index (κ3) is 3.36. The number of nitrogens with one attached hydrogen (secondary N) is 1. The van der Waals surface area contributed by atoms with E-state index >= 15 is 0 Å². The van der Waals surface area contributed by atoms with Gasteiger partial charge in [-0.2, -0.15) is 0 Å². The number of hydrogen-bond acceptors (Lipinski definition) is 2. The first kappa shape index (κ1) is 15.8. The van der Waals surface area contributed by atoms with Crippen molar-refractivity contribution in [3.63, 3.8) is 0 Å². The number of nitrogens with zero attached hydrogens (tertiary/aromatic N) is 1. The maximum absolute atomic E-state index is 12.7. The smallest absolute Gasteiger partial charge is 0.241 e. The summed E-state index contributed by atoms with van der Waals surface area (Å²) in [4.78, 5) is 14.9. The second-order valence-corrected chi connectivity index (χ2v) is 6.67.